The van der Waals surface area contributed by atoms with E-state index in [1.165, 1.54) is 11.8 Å². The summed E-state index contributed by atoms with van der Waals surface area (Å²) in [5.41, 5.74) is 4.63. The number of imide groups is 2. The summed E-state index contributed by atoms with van der Waals surface area (Å²) in [6.07, 6.45) is 4.40. The molecule has 4 aromatic rings. The third-order valence-corrected chi connectivity index (χ3v) is 13.7. The van der Waals surface area contributed by atoms with E-state index in [2.05, 4.69) is 55.2 Å². The summed E-state index contributed by atoms with van der Waals surface area (Å²) in [6, 6.07) is 14.9. The van der Waals surface area contributed by atoms with E-state index >= 15 is 0 Å². The molecule has 0 radical (unpaired) electrons. The molecule has 0 aliphatic carbocycles. The topological polar surface area (TPSA) is 192 Å². The number of carbonyl (C=O) groups is 4. The van der Waals surface area contributed by atoms with Gasteiger partial charge in [-0.1, -0.05) is 23.7 Å². The molecule has 4 heterocycles. The summed E-state index contributed by atoms with van der Waals surface area (Å²) in [6.45, 7) is 12.8. The van der Waals surface area contributed by atoms with Crippen molar-refractivity contribution in [2.45, 2.75) is 94.9 Å². The van der Waals surface area contributed by atoms with Gasteiger partial charge in [-0.05, 0) is 139 Å². The Hall–Kier alpha value is -5.58. The molecule has 2 fully saturated rings. The molecule has 15 nitrogen and oxygen atoms in total. The smallest absolute Gasteiger partial charge is 0.262 e. The number of para-hydroxylation sites is 1. The summed E-state index contributed by atoms with van der Waals surface area (Å²) in [5, 5.41) is 11.6. The highest BCUT2D eigenvalue weighted by molar-refractivity contribution is 7.92. The Labute approximate surface area is 360 Å². The molecule has 4 amide bonds. The normalized spacial score (nSPS) is 17.5. The predicted octanol–water partition coefficient (Wildman–Crippen LogP) is 6.98. The summed E-state index contributed by atoms with van der Waals surface area (Å²) in [7, 11) is -3.58. The lowest BCUT2D eigenvalue weighted by Crippen LogP contribution is -2.54. The predicted molar refractivity (Wildman–Crippen MR) is 234 cm³/mol. The minimum absolute atomic E-state index is 0.0749. The van der Waals surface area contributed by atoms with Gasteiger partial charge in [0.15, 0.2) is 15.7 Å². The maximum atomic E-state index is 13.2. The molecule has 1 unspecified atom stereocenters. The Bertz CT molecular complexity index is 2470. The molecule has 2 saturated heterocycles. The van der Waals surface area contributed by atoms with Gasteiger partial charge in [-0.3, -0.25) is 29.4 Å². The van der Waals surface area contributed by atoms with Crippen LogP contribution in [-0.4, -0.2) is 95.4 Å². The van der Waals surface area contributed by atoms with Crippen molar-refractivity contribution < 1.29 is 32.3 Å². The first-order chi connectivity index (χ1) is 29.1. The van der Waals surface area contributed by atoms with Crippen LogP contribution in [0.5, 0.6) is 5.75 Å². The number of aromatic nitrogens is 2. The maximum Gasteiger partial charge on any atom is 0.262 e. The van der Waals surface area contributed by atoms with Gasteiger partial charge < -0.3 is 25.6 Å². The zero-order valence-corrected chi connectivity index (χ0v) is 36.5. The molecule has 0 saturated carbocycles. The van der Waals surface area contributed by atoms with E-state index in [0.29, 0.717) is 29.6 Å². The fraction of sp³-hybridized carbons (Fsp3) is 0.409. The molecule has 0 bridgehead atoms. The average Bonchev–Trinajstić information content (AvgIpc) is 3.46. The second-order valence-electron chi connectivity index (χ2n) is 16.2. The zero-order valence-electron chi connectivity index (χ0n) is 34.9. The number of rotatable bonds is 15. The highest BCUT2D eigenvalue weighted by atomic mass is 35.5. The van der Waals surface area contributed by atoms with Gasteiger partial charge in [0, 0.05) is 18.7 Å². The van der Waals surface area contributed by atoms with E-state index < -0.39 is 44.8 Å². The molecule has 7 rings (SSSR count). The number of benzene rings is 3. The number of sulfone groups is 1. The van der Waals surface area contributed by atoms with Gasteiger partial charge in [0.2, 0.25) is 17.8 Å². The Morgan fingerprint density at radius 3 is 2.38 bits per heavy atom. The van der Waals surface area contributed by atoms with E-state index in [-0.39, 0.29) is 51.8 Å². The lowest BCUT2D eigenvalue weighted by molar-refractivity contribution is -0.136. The van der Waals surface area contributed by atoms with Crippen molar-refractivity contribution in [2.75, 3.05) is 42.1 Å². The molecule has 3 aliphatic rings. The number of ether oxygens (including phenoxy) is 1. The molecule has 3 aromatic carbocycles. The van der Waals surface area contributed by atoms with Crippen LogP contribution in [0.2, 0.25) is 5.02 Å². The number of hydrogen-bond donors (Lipinski definition) is 4. The average molecular weight is 871 g/mol. The Kier molecular flexibility index (Phi) is 13.0. The number of piperidine rings is 2. The van der Waals surface area contributed by atoms with E-state index in [4.69, 9.17) is 16.3 Å². The third kappa shape index (κ3) is 9.51. The van der Waals surface area contributed by atoms with Crippen molar-refractivity contribution in [3.8, 4) is 5.75 Å². The van der Waals surface area contributed by atoms with Crippen LogP contribution in [-0.2, 0) is 19.4 Å². The first kappa shape index (κ1) is 43.5. The van der Waals surface area contributed by atoms with Crippen molar-refractivity contribution in [1.29, 1.82) is 0 Å². The fourth-order valence-electron chi connectivity index (χ4n) is 8.01. The first-order valence-corrected chi connectivity index (χ1v) is 22.6. The highest BCUT2D eigenvalue weighted by Gasteiger charge is 2.44. The standard InChI is InChI=1S/C44H51ClN8O7S/c1-25(2)60-37-23-31(27(5)21-35(37)49-44-47-24-33(45)40(51-44)48-34-9-6-7-10-38(34)61(58,59)26(3)4)28-15-19-52(20-16-28)18-8-17-46-29-11-12-30-32(22-29)43(57)53(42(30)56)36-13-14-39(54)50-41(36)55/h6-7,9-12,21-26,28,36,46H,8,13-20H2,1-5H3,(H,50,54,55)(H2,47,48,49,51). The lowest BCUT2D eigenvalue weighted by atomic mass is 9.86. The highest BCUT2D eigenvalue weighted by Crippen LogP contribution is 2.39. The number of hydrogen-bond acceptors (Lipinski definition) is 13. The number of likely N-dealkylation sites (tertiary alicyclic amines) is 1. The number of amides is 4. The third-order valence-electron chi connectivity index (χ3n) is 11.2. The molecular formula is C44H51ClN8O7S. The van der Waals surface area contributed by atoms with E-state index in [1.54, 1.807) is 56.3 Å². The summed E-state index contributed by atoms with van der Waals surface area (Å²) < 4.78 is 32.5. The van der Waals surface area contributed by atoms with E-state index in [0.717, 1.165) is 55.0 Å². The number of nitrogens with one attached hydrogen (secondary N) is 4. The van der Waals surface area contributed by atoms with Crippen LogP contribution in [0.1, 0.15) is 97.6 Å². The molecular weight excluding hydrogens is 820 g/mol. The molecule has 61 heavy (non-hydrogen) atoms. The van der Waals surface area contributed by atoms with Crippen molar-refractivity contribution in [3.63, 3.8) is 0 Å². The minimum Gasteiger partial charge on any atom is -0.489 e. The van der Waals surface area contributed by atoms with Crippen LogP contribution in [0, 0.1) is 6.92 Å². The SMILES string of the molecule is Cc1cc(Nc2ncc(Cl)c(Nc3ccccc3S(=O)(=O)C(C)C)n2)c(OC(C)C)cc1C1CCN(CCCNc2ccc3c(c2)C(=O)N(C2CCC(=O)NC2=O)C3=O)CC1. The molecule has 17 heteroatoms. The van der Waals surface area contributed by atoms with Crippen LogP contribution in [0.4, 0.5) is 28.8 Å². The van der Waals surface area contributed by atoms with E-state index in [1.807, 2.05) is 13.8 Å². The van der Waals surface area contributed by atoms with Crippen LogP contribution in [0.3, 0.4) is 0 Å². The molecule has 1 atom stereocenters. The number of halogens is 1. The van der Waals surface area contributed by atoms with Crippen LogP contribution in [0.25, 0.3) is 0 Å². The monoisotopic (exact) mass is 870 g/mol. The molecule has 1 aromatic heterocycles. The first-order valence-electron chi connectivity index (χ1n) is 20.6. The van der Waals surface area contributed by atoms with Crippen LogP contribution in [0.15, 0.2) is 65.7 Å². The van der Waals surface area contributed by atoms with Crippen molar-refractivity contribution >= 4 is 73.9 Å². The van der Waals surface area contributed by atoms with Gasteiger partial charge in [-0.2, -0.15) is 4.98 Å². The Morgan fingerprint density at radius 2 is 1.66 bits per heavy atom. The number of aryl methyl sites for hydroxylation is 1. The Morgan fingerprint density at radius 1 is 0.918 bits per heavy atom. The number of anilines is 5. The van der Waals surface area contributed by atoms with Crippen LogP contribution < -0.4 is 26.0 Å². The lowest BCUT2D eigenvalue weighted by Gasteiger charge is -2.33. The van der Waals surface area contributed by atoms with Gasteiger partial charge in [0.1, 0.15) is 16.8 Å². The van der Waals surface area contributed by atoms with E-state index in [9.17, 15) is 27.6 Å². The Balaban J connectivity index is 0.946. The number of carbonyl (C=O) groups excluding carboxylic acids is 4. The summed E-state index contributed by atoms with van der Waals surface area (Å²) >= 11 is 6.50. The summed E-state index contributed by atoms with van der Waals surface area (Å²) in [5.74, 6) is -0.548. The fourth-order valence-corrected chi connectivity index (χ4v) is 9.35. The van der Waals surface area contributed by atoms with Crippen molar-refractivity contribution in [3.05, 3.63) is 88.1 Å². The van der Waals surface area contributed by atoms with Crippen LogP contribution >= 0.6 is 11.6 Å². The summed E-state index contributed by atoms with van der Waals surface area (Å²) in [4.78, 5) is 62.9. The molecule has 3 aliphatic heterocycles. The second-order valence-corrected chi connectivity index (χ2v) is 19.1. The van der Waals surface area contributed by atoms with Crippen molar-refractivity contribution in [2.24, 2.45) is 0 Å². The maximum absolute atomic E-state index is 13.2. The largest absolute Gasteiger partial charge is 0.489 e. The minimum atomic E-state index is -3.58. The number of fused-ring (bicyclic) bond motifs is 1. The zero-order chi connectivity index (χ0) is 43.6. The van der Waals surface area contributed by atoms with Gasteiger partial charge in [0.25, 0.3) is 11.8 Å². The quantitative estimate of drug-likeness (QED) is 0.0708. The molecule has 4 N–H and O–H groups in total. The number of nitrogens with zero attached hydrogens (tertiary/aromatic N) is 4. The second kappa shape index (κ2) is 18.2. The molecule has 322 valence electrons. The van der Waals surface area contributed by atoms with Gasteiger partial charge >= 0.3 is 0 Å². The van der Waals surface area contributed by atoms with Gasteiger partial charge in [-0.15, -0.1) is 0 Å². The molecule has 0 spiro atoms. The van der Waals surface area contributed by atoms with Crippen molar-refractivity contribution in [1.82, 2.24) is 25.1 Å². The van der Waals surface area contributed by atoms with Gasteiger partial charge in [0.05, 0.1) is 44.9 Å². The van der Waals surface area contributed by atoms with Gasteiger partial charge in [-0.25, -0.2) is 13.4 Å².